The number of nitrogens with two attached hydrogens (primary N) is 1. The van der Waals surface area contributed by atoms with Gasteiger partial charge in [0.05, 0.1) is 30.0 Å². The molecule has 0 aliphatic heterocycles. The average Bonchev–Trinajstić information content (AvgIpc) is 2.72. The Bertz CT molecular complexity index is 722. The highest BCUT2D eigenvalue weighted by molar-refractivity contribution is 5.81. The van der Waals surface area contributed by atoms with Crippen LogP contribution in [-0.2, 0) is 17.8 Å². The van der Waals surface area contributed by atoms with Crippen molar-refractivity contribution in [3.05, 3.63) is 59.7 Å². The molecule has 0 fully saturated rings. The Kier molecular flexibility index (Phi) is 7.30. The molecule has 0 aromatic carbocycles. The molecule has 0 saturated heterocycles. The van der Waals surface area contributed by atoms with E-state index in [0.29, 0.717) is 13.1 Å². The van der Waals surface area contributed by atoms with E-state index in [1.807, 2.05) is 30.5 Å². The highest BCUT2D eigenvalue weighted by atomic mass is 16.2. The first-order valence-electron chi connectivity index (χ1n) is 9.85. The van der Waals surface area contributed by atoms with Crippen LogP contribution in [0.2, 0.25) is 0 Å². The molecule has 0 spiro atoms. The molecular weight excluding hydrogens is 338 g/mol. The van der Waals surface area contributed by atoms with Gasteiger partial charge in [0, 0.05) is 12.4 Å². The monoisotopic (exact) mass is 367 g/mol. The first-order chi connectivity index (χ1) is 13.3. The Hall–Kier alpha value is -2.31. The van der Waals surface area contributed by atoms with Crippen molar-refractivity contribution < 1.29 is 4.79 Å². The van der Waals surface area contributed by atoms with Crippen molar-refractivity contribution in [3.63, 3.8) is 0 Å². The number of rotatable bonds is 9. The van der Waals surface area contributed by atoms with Gasteiger partial charge >= 0.3 is 0 Å². The highest BCUT2D eigenvalue weighted by Crippen LogP contribution is 2.28. The van der Waals surface area contributed by atoms with Crippen molar-refractivity contribution >= 4 is 5.91 Å². The van der Waals surface area contributed by atoms with Crippen molar-refractivity contribution in [2.45, 2.75) is 57.2 Å². The third kappa shape index (κ3) is 5.58. The molecule has 144 valence electrons. The Morgan fingerprint density at radius 2 is 2.07 bits per heavy atom. The number of aryl methyl sites for hydroxylation is 1. The number of fused-ring (bicyclic) bond motifs is 1. The van der Waals surface area contributed by atoms with Crippen molar-refractivity contribution in [2.24, 2.45) is 5.73 Å². The van der Waals surface area contributed by atoms with Gasteiger partial charge in [0.1, 0.15) is 0 Å². The molecule has 0 radical (unpaired) electrons. The first kappa shape index (κ1) is 19.5. The SMILES string of the molecule is NCCCCC(NC1CCCc2cccnc21)C(=O)NCc1ccccn1. The molecule has 2 heterocycles. The molecule has 0 saturated carbocycles. The van der Waals surface area contributed by atoms with Crippen LogP contribution in [0.4, 0.5) is 0 Å². The first-order valence-corrected chi connectivity index (χ1v) is 9.85. The summed E-state index contributed by atoms with van der Waals surface area (Å²) in [4.78, 5) is 21.7. The minimum absolute atomic E-state index is 0.0146. The van der Waals surface area contributed by atoms with E-state index in [2.05, 4.69) is 26.7 Å². The quantitative estimate of drug-likeness (QED) is 0.591. The van der Waals surface area contributed by atoms with Gasteiger partial charge < -0.3 is 11.1 Å². The van der Waals surface area contributed by atoms with Crippen LogP contribution in [0.5, 0.6) is 0 Å². The standard InChI is InChI=1S/C21H29N5O/c22-12-3-1-10-19(21(27)25-15-17-9-2-4-13-23-17)26-18-11-5-7-16-8-6-14-24-20(16)18/h2,4,6,8-9,13-14,18-19,26H,1,3,5,7,10-12,15,22H2,(H,25,27). The van der Waals surface area contributed by atoms with Gasteiger partial charge in [-0.1, -0.05) is 18.6 Å². The maximum Gasteiger partial charge on any atom is 0.237 e. The van der Waals surface area contributed by atoms with Crippen molar-refractivity contribution in [1.29, 1.82) is 0 Å². The topological polar surface area (TPSA) is 92.9 Å². The second-order valence-corrected chi connectivity index (χ2v) is 7.04. The minimum Gasteiger partial charge on any atom is -0.349 e. The molecule has 2 aromatic rings. The second-order valence-electron chi connectivity index (χ2n) is 7.04. The van der Waals surface area contributed by atoms with Gasteiger partial charge in [-0.05, 0) is 62.4 Å². The van der Waals surface area contributed by atoms with Crippen LogP contribution in [-0.4, -0.2) is 28.5 Å². The van der Waals surface area contributed by atoms with E-state index in [0.717, 1.165) is 49.9 Å². The smallest absolute Gasteiger partial charge is 0.237 e. The van der Waals surface area contributed by atoms with Gasteiger partial charge in [0.2, 0.25) is 5.91 Å². The predicted molar refractivity (Wildman–Crippen MR) is 106 cm³/mol. The molecule has 2 unspecified atom stereocenters. The molecule has 4 N–H and O–H groups in total. The number of amides is 1. The van der Waals surface area contributed by atoms with Gasteiger partial charge in [0.15, 0.2) is 0 Å². The van der Waals surface area contributed by atoms with E-state index < -0.39 is 0 Å². The van der Waals surface area contributed by atoms with E-state index in [1.54, 1.807) is 6.20 Å². The summed E-state index contributed by atoms with van der Waals surface area (Å²) in [7, 11) is 0. The summed E-state index contributed by atoms with van der Waals surface area (Å²) in [6.07, 6.45) is 9.37. The van der Waals surface area contributed by atoms with Crippen LogP contribution in [0.25, 0.3) is 0 Å². The van der Waals surface area contributed by atoms with Gasteiger partial charge in [-0.3, -0.25) is 20.1 Å². The fraction of sp³-hybridized carbons (Fsp3) is 0.476. The summed E-state index contributed by atoms with van der Waals surface area (Å²) < 4.78 is 0. The van der Waals surface area contributed by atoms with E-state index in [4.69, 9.17) is 5.73 Å². The minimum atomic E-state index is -0.252. The zero-order valence-corrected chi connectivity index (χ0v) is 15.7. The number of nitrogens with one attached hydrogen (secondary N) is 2. The molecule has 3 rings (SSSR count). The Labute approximate surface area is 161 Å². The zero-order valence-electron chi connectivity index (χ0n) is 15.7. The lowest BCUT2D eigenvalue weighted by Gasteiger charge is -2.29. The van der Waals surface area contributed by atoms with Crippen LogP contribution in [0.3, 0.4) is 0 Å². The van der Waals surface area contributed by atoms with Gasteiger partial charge in [0.25, 0.3) is 0 Å². The van der Waals surface area contributed by atoms with Gasteiger partial charge in [-0.25, -0.2) is 0 Å². The molecular formula is C21H29N5O. The number of unbranched alkanes of at least 4 members (excludes halogenated alkanes) is 1. The summed E-state index contributed by atoms with van der Waals surface area (Å²) in [5.74, 6) is 0.0146. The molecule has 1 amide bonds. The fourth-order valence-corrected chi connectivity index (χ4v) is 3.60. The summed E-state index contributed by atoms with van der Waals surface area (Å²) in [5, 5.41) is 6.60. The predicted octanol–water partition coefficient (Wildman–Crippen LogP) is 2.26. The van der Waals surface area contributed by atoms with Crippen LogP contribution < -0.4 is 16.4 Å². The molecule has 6 heteroatoms. The maximum absolute atomic E-state index is 12.8. The molecule has 1 aliphatic rings. The summed E-state index contributed by atoms with van der Waals surface area (Å²) >= 11 is 0. The number of nitrogens with zero attached hydrogens (tertiary/aromatic N) is 2. The zero-order chi connectivity index (χ0) is 18.9. The molecule has 2 atom stereocenters. The Balaban J connectivity index is 1.65. The number of carbonyl (C=O) groups excluding carboxylic acids is 1. The largest absolute Gasteiger partial charge is 0.349 e. The lowest BCUT2D eigenvalue weighted by atomic mass is 9.91. The van der Waals surface area contributed by atoms with Crippen molar-refractivity contribution in [2.75, 3.05) is 6.54 Å². The Morgan fingerprint density at radius 3 is 2.89 bits per heavy atom. The summed E-state index contributed by atoms with van der Waals surface area (Å²) in [6.45, 7) is 1.09. The van der Waals surface area contributed by atoms with Crippen LogP contribution in [0.15, 0.2) is 42.7 Å². The van der Waals surface area contributed by atoms with Gasteiger partial charge in [-0.2, -0.15) is 0 Å². The van der Waals surface area contributed by atoms with Crippen LogP contribution in [0.1, 0.15) is 55.1 Å². The lowest BCUT2D eigenvalue weighted by molar-refractivity contribution is -0.123. The number of pyridine rings is 2. The molecule has 6 nitrogen and oxygen atoms in total. The van der Waals surface area contributed by atoms with Crippen LogP contribution in [0, 0.1) is 0 Å². The number of hydrogen-bond donors (Lipinski definition) is 3. The molecule has 27 heavy (non-hydrogen) atoms. The van der Waals surface area contributed by atoms with Crippen molar-refractivity contribution in [3.8, 4) is 0 Å². The average molecular weight is 367 g/mol. The summed E-state index contributed by atoms with van der Waals surface area (Å²) in [5.41, 5.74) is 8.87. The molecule has 1 aliphatic carbocycles. The third-order valence-corrected chi connectivity index (χ3v) is 5.03. The number of aromatic nitrogens is 2. The van der Waals surface area contributed by atoms with E-state index in [1.165, 1.54) is 5.56 Å². The number of carbonyl (C=O) groups is 1. The van der Waals surface area contributed by atoms with E-state index in [9.17, 15) is 4.79 Å². The maximum atomic E-state index is 12.8. The second kappa shape index (κ2) is 10.1. The number of hydrogen-bond acceptors (Lipinski definition) is 5. The fourth-order valence-electron chi connectivity index (χ4n) is 3.60. The van der Waals surface area contributed by atoms with Gasteiger partial charge in [-0.15, -0.1) is 0 Å². The summed E-state index contributed by atoms with van der Waals surface area (Å²) in [6, 6.07) is 9.71. The van der Waals surface area contributed by atoms with Crippen molar-refractivity contribution in [1.82, 2.24) is 20.6 Å². The third-order valence-electron chi connectivity index (χ3n) is 5.03. The normalized spacial score (nSPS) is 17.1. The lowest BCUT2D eigenvalue weighted by Crippen LogP contribution is -2.46. The van der Waals surface area contributed by atoms with E-state index in [-0.39, 0.29) is 18.0 Å². The highest BCUT2D eigenvalue weighted by Gasteiger charge is 2.27. The Morgan fingerprint density at radius 1 is 1.19 bits per heavy atom. The van der Waals surface area contributed by atoms with Crippen LogP contribution >= 0.6 is 0 Å². The molecule has 2 aromatic heterocycles. The van der Waals surface area contributed by atoms with E-state index >= 15 is 0 Å². The molecule has 0 bridgehead atoms.